The van der Waals surface area contributed by atoms with Crippen LogP contribution in [0, 0.1) is 0 Å². The molecule has 0 unspecified atom stereocenters. The standard InChI is InChI=1S/C6H12O4S/c1-9-5-3-6(4-5)10-11(2,7)8/h5-6H,3-4H2,1-2H3. The zero-order chi connectivity index (χ0) is 8.48. The van der Waals surface area contributed by atoms with Gasteiger partial charge < -0.3 is 4.74 Å². The molecule has 0 aromatic heterocycles. The molecule has 11 heavy (non-hydrogen) atoms. The van der Waals surface area contributed by atoms with Crippen molar-refractivity contribution >= 4 is 10.1 Å². The van der Waals surface area contributed by atoms with Crippen LogP contribution >= 0.6 is 0 Å². The topological polar surface area (TPSA) is 52.6 Å². The number of hydrogen-bond acceptors (Lipinski definition) is 4. The molecule has 0 atom stereocenters. The summed E-state index contributed by atoms with van der Waals surface area (Å²) in [4.78, 5) is 0. The summed E-state index contributed by atoms with van der Waals surface area (Å²) in [5.74, 6) is 0. The van der Waals surface area contributed by atoms with E-state index >= 15 is 0 Å². The van der Waals surface area contributed by atoms with Gasteiger partial charge in [-0.25, -0.2) is 0 Å². The van der Waals surface area contributed by atoms with Gasteiger partial charge in [-0.2, -0.15) is 8.42 Å². The Kier molecular flexibility index (Phi) is 2.51. The fourth-order valence-corrected chi connectivity index (χ4v) is 1.69. The van der Waals surface area contributed by atoms with Gasteiger partial charge in [0.05, 0.1) is 18.5 Å². The van der Waals surface area contributed by atoms with Gasteiger partial charge in [0.1, 0.15) is 0 Å². The molecular formula is C6H12O4S. The highest BCUT2D eigenvalue weighted by Gasteiger charge is 2.32. The van der Waals surface area contributed by atoms with E-state index in [2.05, 4.69) is 0 Å². The van der Waals surface area contributed by atoms with Crippen molar-refractivity contribution in [3.63, 3.8) is 0 Å². The van der Waals surface area contributed by atoms with Gasteiger partial charge in [-0.3, -0.25) is 4.18 Å². The minimum Gasteiger partial charge on any atom is -0.381 e. The Morgan fingerprint density at radius 1 is 1.27 bits per heavy atom. The summed E-state index contributed by atoms with van der Waals surface area (Å²) in [6.45, 7) is 0. The molecule has 0 N–H and O–H groups in total. The summed E-state index contributed by atoms with van der Waals surface area (Å²) in [6.07, 6.45) is 2.46. The molecule has 1 saturated carbocycles. The van der Waals surface area contributed by atoms with Crippen LogP contribution in [0.2, 0.25) is 0 Å². The first-order valence-corrected chi connectivity index (χ1v) is 5.24. The van der Waals surface area contributed by atoms with Crippen molar-refractivity contribution in [3.8, 4) is 0 Å². The summed E-state index contributed by atoms with van der Waals surface area (Å²) in [6, 6.07) is 0. The highest BCUT2D eigenvalue weighted by molar-refractivity contribution is 7.86. The quantitative estimate of drug-likeness (QED) is 0.580. The van der Waals surface area contributed by atoms with Crippen LogP contribution in [0.4, 0.5) is 0 Å². The number of rotatable bonds is 3. The fraction of sp³-hybridized carbons (Fsp3) is 1.00. The van der Waals surface area contributed by atoms with Gasteiger partial charge in [0.2, 0.25) is 0 Å². The molecule has 0 bridgehead atoms. The zero-order valence-electron chi connectivity index (χ0n) is 6.61. The SMILES string of the molecule is COC1CC(OS(C)(=O)=O)C1. The second-order valence-electron chi connectivity index (χ2n) is 2.75. The highest BCUT2D eigenvalue weighted by atomic mass is 32.2. The van der Waals surface area contributed by atoms with Crippen molar-refractivity contribution < 1.29 is 17.3 Å². The smallest absolute Gasteiger partial charge is 0.264 e. The maximum atomic E-state index is 10.6. The average molecular weight is 180 g/mol. The number of methoxy groups -OCH3 is 1. The Labute approximate surface area is 66.6 Å². The summed E-state index contributed by atoms with van der Waals surface area (Å²) in [5.41, 5.74) is 0. The van der Waals surface area contributed by atoms with E-state index in [4.69, 9.17) is 8.92 Å². The second kappa shape index (κ2) is 3.08. The van der Waals surface area contributed by atoms with Gasteiger partial charge in [0.15, 0.2) is 0 Å². The Morgan fingerprint density at radius 3 is 2.18 bits per heavy atom. The summed E-state index contributed by atoms with van der Waals surface area (Å²) < 4.78 is 30.8. The van der Waals surface area contributed by atoms with E-state index in [9.17, 15) is 8.42 Å². The molecule has 0 aromatic carbocycles. The van der Waals surface area contributed by atoms with Gasteiger partial charge in [0, 0.05) is 20.0 Å². The summed E-state index contributed by atoms with van der Waals surface area (Å²) in [7, 11) is -1.66. The van der Waals surface area contributed by atoms with E-state index in [0.717, 1.165) is 6.26 Å². The van der Waals surface area contributed by atoms with Crippen molar-refractivity contribution in [2.45, 2.75) is 25.0 Å². The Balaban J connectivity index is 2.24. The molecule has 66 valence electrons. The molecule has 1 aliphatic rings. The first kappa shape index (κ1) is 8.96. The van der Waals surface area contributed by atoms with Crippen molar-refractivity contribution in [2.75, 3.05) is 13.4 Å². The monoisotopic (exact) mass is 180 g/mol. The van der Waals surface area contributed by atoms with Gasteiger partial charge in [-0.15, -0.1) is 0 Å². The van der Waals surface area contributed by atoms with Crippen molar-refractivity contribution in [3.05, 3.63) is 0 Å². The molecule has 0 aromatic rings. The van der Waals surface area contributed by atoms with E-state index in [-0.39, 0.29) is 12.2 Å². The first-order valence-electron chi connectivity index (χ1n) is 3.42. The van der Waals surface area contributed by atoms with Crippen molar-refractivity contribution in [1.82, 2.24) is 0 Å². The third-order valence-corrected chi connectivity index (χ3v) is 2.32. The first-order chi connectivity index (χ1) is 5.01. The number of hydrogen-bond donors (Lipinski definition) is 0. The predicted molar refractivity (Wildman–Crippen MR) is 39.7 cm³/mol. The van der Waals surface area contributed by atoms with Crippen LogP contribution in [0.25, 0.3) is 0 Å². The van der Waals surface area contributed by atoms with Crippen LogP contribution < -0.4 is 0 Å². The molecule has 0 saturated heterocycles. The summed E-state index contributed by atoms with van der Waals surface area (Å²) >= 11 is 0. The lowest BCUT2D eigenvalue weighted by Gasteiger charge is -2.32. The molecule has 0 aliphatic heterocycles. The van der Waals surface area contributed by atoms with E-state index in [1.54, 1.807) is 7.11 Å². The third kappa shape index (κ3) is 2.76. The summed E-state index contributed by atoms with van der Waals surface area (Å²) in [5, 5.41) is 0. The molecule has 0 radical (unpaired) electrons. The normalized spacial score (nSPS) is 31.5. The Morgan fingerprint density at radius 2 is 1.82 bits per heavy atom. The van der Waals surface area contributed by atoms with Crippen LogP contribution in [-0.4, -0.2) is 34.0 Å². The molecule has 0 heterocycles. The molecule has 1 rings (SSSR count). The van der Waals surface area contributed by atoms with E-state index in [0.29, 0.717) is 12.8 Å². The number of ether oxygens (including phenoxy) is 1. The Hall–Kier alpha value is -0.130. The molecule has 0 amide bonds. The molecule has 5 heteroatoms. The molecule has 1 fully saturated rings. The lowest BCUT2D eigenvalue weighted by atomic mass is 9.92. The highest BCUT2D eigenvalue weighted by Crippen LogP contribution is 2.26. The molecule has 1 aliphatic carbocycles. The Bertz CT molecular complexity index is 215. The van der Waals surface area contributed by atoms with E-state index < -0.39 is 10.1 Å². The van der Waals surface area contributed by atoms with Crippen molar-refractivity contribution in [1.29, 1.82) is 0 Å². The zero-order valence-corrected chi connectivity index (χ0v) is 7.43. The fourth-order valence-electron chi connectivity index (χ4n) is 1.04. The molecule has 0 spiro atoms. The van der Waals surface area contributed by atoms with Crippen LogP contribution in [0.3, 0.4) is 0 Å². The van der Waals surface area contributed by atoms with Crippen LogP contribution in [0.1, 0.15) is 12.8 Å². The van der Waals surface area contributed by atoms with Crippen molar-refractivity contribution in [2.24, 2.45) is 0 Å². The van der Waals surface area contributed by atoms with Crippen LogP contribution in [0.15, 0.2) is 0 Å². The van der Waals surface area contributed by atoms with E-state index in [1.165, 1.54) is 0 Å². The molecular weight excluding hydrogens is 168 g/mol. The minimum atomic E-state index is -3.27. The maximum Gasteiger partial charge on any atom is 0.264 e. The van der Waals surface area contributed by atoms with Gasteiger partial charge in [0.25, 0.3) is 10.1 Å². The van der Waals surface area contributed by atoms with Crippen LogP contribution in [-0.2, 0) is 19.0 Å². The lowest BCUT2D eigenvalue weighted by Crippen LogP contribution is -2.37. The average Bonchev–Trinajstić information content (AvgIpc) is 1.75. The van der Waals surface area contributed by atoms with Gasteiger partial charge in [-0.1, -0.05) is 0 Å². The van der Waals surface area contributed by atoms with Crippen LogP contribution in [0.5, 0.6) is 0 Å². The van der Waals surface area contributed by atoms with Gasteiger partial charge >= 0.3 is 0 Å². The van der Waals surface area contributed by atoms with Gasteiger partial charge in [-0.05, 0) is 0 Å². The minimum absolute atomic E-state index is 0.157. The lowest BCUT2D eigenvalue weighted by molar-refractivity contribution is -0.0351. The predicted octanol–water partition coefficient (Wildman–Crippen LogP) is 0.140. The largest absolute Gasteiger partial charge is 0.381 e. The maximum absolute atomic E-state index is 10.6. The van der Waals surface area contributed by atoms with E-state index in [1.807, 2.05) is 0 Å². The third-order valence-electron chi connectivity index (χ3n) is 1.70. The second-order valence-corrected chi connectivity index (χ2v) is 4.35. The molecule has 4 nitrogen and oxygen atoms in total.